The van der Waals surface area contributed by atoms with Crippen molar-refractivity contribution in [3.63, 3.8) is 0 Å². The van der Waals surface area contributed by atoms with E-state index in [-0.39, 0.29) is 5.91 Å². The van der Waals surface area contributed by atoms with Gasteiger partial charge in [0.1, 0.15) is 16.6 Å². The van der Waals surface area contributed by atoms with Gasteiger partial charge < -0.3 is 9.64 Å². The number of carbonyl (C=O) groups is 1. The molecule has 28 heavy (non-hydrogen) atoms. The van der Waals surface area contributed by atoms with Crippen molar-refractivity contribution in [2.24, 2.45) is 0 Å². The number of H-pyrrole nitrogens is 1. The molecule has 1 N–H and O–H groups in total. The first-order chi connectivity index (χ1) is 13.6. The summed E-state index contributed by atoms with van der Waals surface area (Å²) in [5.41, 5.74) is 0. The summed E-state index contributed by atoms with van der Waals surface area (Å²) in [7, 11) is 0. The second-order valence-corrected chi connectivity index (χ2v) is 8.30. The van der Waals surface area contributed by atoms with E-state index >= 15 is 0 Å². The molecule has 2 aromatic rings. The van der Waals surface area contributed by atoms with E-state index < -0.39 is 0 Å². The van der Waals surface area contributed by atoms with E-state index in [1.807, 2.05) is 4.90 Å². The lowest BCUT2D eigenvalue weighted by atomic mass is 9.96. The Hall–Kier alpha value is -1.79. The lowest BCUT2D eigenvalue weighted by Gasteiger charge is -2.31. The molecular weight excluding hydrogens is 399 g/mol. The molecule has 2 heterocycles. The van der Waals surface area contributed by atoms with Crippen molar-refractivity contribution in [3.8, 4) is 5.75 Å². The number of hydrogen-bond donors (Lipinski definition) is 1. The highest BCUT2D eigenvalue weighted by atomic mass is 35.5. The molecule has 1 saturated carbocycles. The number of ether oxygens (including phenoxy) is 1. The minimum atomic E-state index is 0.176. The third kappa shape index (κ3) is 4.61. The first-order valence-electron chi connectivity index (χ1n) is 9.88. The van der Waals surface area contributed by atoms with Gasteiger partial charge in [0.2, 0.25) is 5.91 Å². The number of nitrogens with zero attached hydrogens (tertiary/aromatic N) is 3. The molecule has 1 amide bonds. The maximum Gasteiger partial charge on any atom is 0.222 e. The molecule has 2 aliphatic rings. The van der Waals surface area contributed by atoms with E-state index in [2.05, 4.69) is 15.2 Å². The highest BCUT2D eigenvalue weighted by Crippen LogP contribution is 2.38. The van der Waals surface area contributed by atoms with Crippen molar-refractivity contribution in [1.29, 1.82) is 0 Å². The quantitative estimate of drug-likeness (QED) is 0.663. The van der Waals surface area contributed by atoms with Gasteiger partial charge in [-0.05, 0) is 44.2 Å². The smallest absolute Gasteiger partial charge is 0.222 e. The van der Waals surface area contributed by atoms with Crippen LogP contribution < -0.4 is 4.74 Å². The molecule has 8 heteroatoms. The first kappa shape index (κ1) is 19.5. The van der Waals surface area contributed by atoms with Gasteiger partial charge in [-0.25, -0.2) is 4.98 Å². The molecule has 6 nitrogen and oxygen atoms in total. The Labute approximate surface area is 174 Å². The number of amides is 1. The van der Waals surface area contributed by atoms with Gasteiger partial charge >= 0.3 is 0 Å². The van der Waals surface area contributed by atoms with E-state index in [1.54, 1.807) is 18.2 Å². The second-order valence-electron chi connectivity index (χ2n) is 7.51. The summed E-state index contributed by atoms with van der Waals surface area (Å²) in [5, 5.41) is 8.33. The molecule has 4 rings (SSSR count). The maximum absolute atomic E-state index is 12.5. The fourth-order valence-electron chi connectivity index (χ4n) is 3.56. The average Bonchev–Trinajstić information content (AvgIpc) is 3.45. The molecule has 0 bridgehead atoms. The van der Waals surface area contributed by atoms with Crippen molar-refractivity contribution in [2.45, 2.75) is 50.4 Å². The van der Waals surface area contributed by atoms with Gasteiger partial charge in [-0.1, -0.05) is 29.3 Å². The number of aromatic nitrogens is 3. The van der Waals surface area contributed by atoms with Crippen LogP contribution in [0.15, 0.2) is 18.2 Å². The third-order valence-corrected chi connectivity index (χ3v) is 6.21. The van der Waals surface area contributed by atoms with Crippen LogP contribution in [0.2, 0.25) is 10.0 Å². The van der Waals surface area contributed by atoms with Crippen LogP contribution in [-0.4, -0.2) is 45.7 Å². The molecule has 1 aliphatic carbocycles. The number of benzene rings is 1. The summed E-state index contributed by atoms with van der Waals surface area (Å²) >= 11 is 12.1. The van der Waals surface area contributed by atoms with Crippen LogP contribution in [0.1, 0.15) is 62.0 Å². The summed E-state index contributed by atoms with van der Waals surface area (Å²) in [4.78, 5) is 19.1. The van der Waals surface area contributed by atoms with Crippen LogP contribution in [0.25, 0.3) is 0 Å². The number of aromatic amines is 1. The molecule has 1 saturated heterocycles. The summed E-state index contributed by atoms with van der Waals surface area (Å²) in [6, 6.07) is 5.29. The molecule has 1 aliphatic heterocycles. The standard InChI is InChI=1S/C20H24Cl2N4O2/c21-15-3-1-4-16(18(15)22)28-12-2-5-17(27)26-10-8-14(9-11-26)20-23-19(24-25-20)13-6-7-13/h1,3-4,13-14H,2,5-12H2,(H,23,24,25). The van der Waals surface area contributed by atoms with E-state index in [1.165, 1.54) is 12.8 Å². The average molecular weight is 423 g/mol. The highest BCUT2D eigenvalue weighted by Gasteiger charge is 2.30. The van der Waals surface area contributed by atoms with Crippen LogP contribution in [0.3, 0.4) is 0 Å². The number of hydrogen-bond acceptors (Lipinski definition) is 4. The predicted molar refractivity (Wildman–Crippen MR) is 108 cm³/mol. The van der Waals surface area contributed by atoms with E-state index in [4.69, 9.17) is 27.9 Å². The van der Waals surface area contributed by atoms with Gasteiger partial charge in [0.05, 0.1) is 11.6 Å². The normalized spacial score (nSPS) is 17.7. The first-order valence-corrected chi connectivity index (χ1v) is 10.6. The second kappa shape index (κ2) is 8.70. The Morgan fingerprint density at radius 3 is 2.71 bits per heavy atom. The summed E-state index contributed by atoms with van der Waals surface area (Å²) in [5.74, 6) is 3.62. The zero-order chi connectivity index (χ0) is 19.5. The topological polar surface area (TPSA) is 71.1 Å². The van der Waals surface area contributed by atoms with Gasteiger partial charge in [-0.2, -0.15) is 5.10 Å². The molecule has 0 atom stereocenters. The Kier molecular flexibility index (Phi) is 6.07. The Bertz CT molecular complexity index is 829. The van der Waals surface area contributed by atoms with Gasteiger partial charge in [0.25, 0.3) is 0 Å². The monoisotopic (exact) mass is 422 g/mol. The van der Waals surface area contributed by atoms with Crippen LogP contribution in [0.5, 0.6) is 5.75 Å². The summed E-state index contributed by atoms with van der Waals surface area (Å²) in [6.45, 7) is 1.97. The summed E-state index contributed by atoms with van der Waals surface area (Å²) in [6.07, 6.45) is 5.39. The highest BCUT2D eigenvalue weighted by molar-refractivity contribution is 6.42. The Morgan fingerprint density at radius 1 is 1.18 bits per heavy atom. The van der Waals surface area contributed by atoms with Crippen molar-refractivity contribution in [1.82, 2.24) is 20.1 Å². The minimum Gasteiger partial charge on any atom is -0.492 e. The maximum atomic E-state index is 12.5. The van der Waals surface area contributed by atoms with Gasteiger partial charge in [0, 0.05) is 31.3 Å². The van der Waals surface area contributed by atoms with E-state index in [0.717, 1.165) is 37.6 Å². The van der Waals surface area contributed by atoms with Gasteiger partial charge in [-0.3, -0.25) is 9.89 Å². The van der Waals surface area contributed by atoms with E-state index in [9.17, 15) is 4.79 Å². The number of piperidine rings is 1. The zero-order valence-electron chi connectivity index (χ0n) is 15.7. The van der Waals surface area contributed by atoms with Crippen LogP contribution in [0.4, 0.5) is 0 Å². The molecule has 0 spiro atoms. The van der Waals surface area contributed by atoms with Crippen molar-refractivity contribution >= 4 is 29.1 Å². The van der Waals surface area contributed by atoms with Gasteiger partial charge in [-0.15, -0.1) is 0 Å². The van der Waals surface area contributed by atoms with Crippen molar-refractivity contribution < 1.29 is 9.53 Å². The van der Waals surface area contributed by atoms with E-state index in [0.29, 0.717) is 47.1 Å². The number of nitrogens with one attached hydrogen (secondary N) is 1. The molecule has 150 valence electrons. The number of halogens is 2. The minimum absolute atomic E-state index is 0.176. The fraction of sp³-hybridized carbons (Fsp3) is 0.550. The van der Waals surface area contributed by atoms with Crippen LogP contribution >= 0.6 is 23.2 Å². The lowest BCUT2D eigenvalue weighted by molar-refractivity contribution is -0.132. The van der Waals surface area contributed by atoms with Crippen molar-refractivity contribution in [2.75, 3.05) is 19.7 Å². The number of carbonyl (C=O) groups excluding carboxylic acids is 1. The Morgan fingerprint density at radius 2 is 1.96 bits per heavy atom. The van der Waals surface area contributed by atoms with Crippen LogP contribution in [-0.2, 0) is 4.79 Å². The number of likely N-dealkylation sites (tertiary alicyclic amines) is 1. The van der Waals surface area contributed by atoms with Gasteiger partial charge in [0.15, 0.2) is 5.82 Å². The molecular formula is C20H24Cl2N4O2. The molecule has 1 aromatic carbocycles. The fourth-order valence-corrected chi connectivity index (χ4v) is 3.90. The molecule has 0 radical (unpaired) electrons. The largest absolute Gasteiger partial charge is 0.492 e. The third-order valence-electron chi connectivity index (χ3n) is 5.41. The van der Waals surface area contributed by atoms with Crippen LogP contribution in [0, 0.1) is 0 Å². The molecule has 2 fully saturated rings. The SMILES string of the molecule is O=C(CCCOc1cccc(Cl)c1Cl)N1CCC(c2nc(C3CC3)n[nH]2)CC1. The lowest BCUT2D eigenvalue weighted by Crippen LogP contribution is -2.38. The predicted octanol–water partition coefficient (Wildman–Crippen LogP) is 4.55. The zero-order valence-corrected chi connectivity index (χ0v) is 17.2. The molecule has 0 unspecified atom stereocenters. The summed E-state index contributed by atoms with van der Waals surface area (Å²) < 4.78 is 5.65. The number of rotatable bonds is 7. The Balaban J connectivity index is 1.18. The molecule has 1 aromatic heterocycles. The van der Waals surface area contributed by atoms with Crippen molar-refractivity contribution in [3.05, 3.63) is 39.9 Å².